The molecule has 88 valence electrons. The van der Waals surface area contributed by atoms with Crippen molar-refractivity contribution in [2.24, 2.45) is 11.8 Å². The van der Waals surface area contributed by atoms with Crippen LogP contribution in [0.4, 0.5) is 4.79 Å². The van der Waals surface area contributed by atoms with E-state index in [9.17, 15) is 4.79 Å². The highest BCUT2D eigenvalue weighted by Gasteiger charge is 2.47. The summed E-state index contributed by atoms with van der Waals surface area (Å²) in [7, 11) is 0. The molecule has 4 atom stereocenters. The minimum Gasteiger partial charge on any atom is -0.447 e. The summed E-state index contributed by atoms with van der Waals surface area (Å²) in [6.45, 7) is 4.56. The predicted molar refractivity (Wildman–Crippen MR) is 61.0 cm³/mol. The van der Waals surface area contributed by atoms with Gasteiger partial charge in [0.25, 0.3) is 0 Å². The van der Waals surface area contributed by atoms with Crippen molar-refractivity contribution in [1.29, 1.82) is 0 Å². The van der Waals surface area contributed by atoms with Crippen LogP contribution < -0.4 is 0 Å². The average molecular weight is 221 g/mol. The third-order valence-electron chi connectivity index (χ3n) is 4.58. The van der Waals surface area contributed by atoms with Crippen molar-refractivity contribution in [2.75, 3.05) is 6.61 Å². The van der Waals surface area contributed by atoms with E-state index < -0.39 is 0 Å². The molecule has 3 fully saturated rings. The summed E-state index contributed by atoms with van der Waals surface area (Å²) in [4.78, 5) is 13.8. The van der Waals surface area contributed by atoms with E-state index in [0.29, 0.717) is 30.5 Å². The zero-order chi connectivity index (χ0) is 11.1. The minimum absolute atomic E-state index is 0.0792. The van der Waals surface area contributed by atoms with Crippen molar-refractivity contribution in [2.45, 2.75) is 44.2 Å². The van der Waals surface area contributed by atoms with Gasteiger partial charge in [0.05, 0.1) is 6.04 Å². The SMILES string of the molecule is C=C[C@@H]1CCC[C@@H]2[C@H]1CC[C@H]1COC(=O)N12. The maximum Gasteiger partial charge on any atom is 0.410 e. The molecule has 2 aliphatic heterocycles. The van der Waals surface area contributed by atoms with Gasteiger partial charge in [-0.2, -0.15) is 0 Å². The molecule has 0 aromatic heterocycles. The number of allylic oxidation sites excluding steroid dienone is 1. The van der Waals surface area contributed by atoms with Crippen LogP contribution in [0.5, 0.6) is 0 Å². The zero-order valence-electron chi connectivity index (χ0n) is 9.60. The Hall–Kier alpha value is -0.990. The number of rotatable bonds is 1. The summed E-state index contributed by atoms with van der Waals surface area (Å²) in [6.07, 6.45) is 7.98. The Bertz CT molecular complexity index is 315. The Morgan fingerprint density at radius 3 is 3.00 bits per heavy atom. The van der Waals surface area contributed by atoms with Crippen molar-refractivity contribution in [3.05, 3.63) is 12.7 Å². The number of hydrogen-bond acceptors (Lipinski definition) is 2. The molecule has 3 aliphatic rings. The Labute approximate surface area is 96.4 Å². The van der Waals surface area contributed by atoms with Gasteiger partial charge in [0.15, 0.2) is 0 Å². The van der Waals surface area contributed by atoms with Gasteiger partial charge in [-0.3, -0.25) is 4.90 Å². The minimum atomic E-state index is -0.0792. The van der Waals surface area contributed by atoms with Crippen LogP contribution in [-0.2, 0) is 4.74 Å². The quantitative estimate of drug-likeness (QED) is 0.637. The highest BCUT2D eigenvalue weighted by molar-refractivity contribution is 5.70. The van der Waals surface area contributed by atoms with Crippen LogP contribution in [-0.4, -0.2) is 29.7 Å². The topological polar surface area (TPSA) is 29.5 Å². The number of nitrogens with zero attached hydrogens (tertiary/aromatic N) is 1. The third kappa shape index (κ3) is 1.37. The average Bonchev–Trinajstić information content (AvgIpc) is 2.70. The molecule has 1 amide bonds. The number of ether oxygens (including phenoxy) is 1. The second kappa shape index (κ2) is 3.79. The molecular formula is C13H19NO2. The number of hydrogen-bond donors (Lipinski definition) is 0. The van der Waals surface area contributed by atoms with E-state index in [2.05, 4.69) is 12.7 Å². The van der Waals surface area contributed by atoms with Gasteiger partial charge in [-0.05, 0) is 37.5 Å². The van der Waals surface area contributed by atoms with Gasteiger partial charge in [0.1, 0.15) is 6.61 Å². The first-order chi connectivity index (χ1) is 7.81. The Balaban J connectivity index is 1.85. The molecule has 0 spiro atoms. The fourth-order valence-corrected chi connectivity index (χ4v) is 3.81. The van der Waals surface area contributed by atoms with Crippen molar-refractivity contribution >= 4 is 6.09 Å². The summed E-state index contributed by atoms with van der Waals surface area (Å²) in [5.41, 5.74) is 0. The molecular weight excluding hydrogens is 202 g/mol. The summed E-state index contributed by atoms with van der Waals surface area (Å²) >= 11 is 0. The maximum absolute atomic E-state index is 11.7. The first-order valence-corrected chi connectivity index (χ1v) is 6.39. The third-order valence-corrected chi connectivity index (χ3v) is 4.58. The van der Waals surface area contributed by atoms with Crippen LogP contribution in [0.15, 0.2) is 12.7 Å². The first-order valence-electron chi connectivity index (χ1n) is 6.39. The van der Waals surface area contributed by atoms with Crippen LogP contribution in [0.3, 0.4) is 0 Å². The van der Waals surface area contributed by atoms with Crippen LogP contribution in [0, 0.1) is 11.8 Å². The molecule has 3 rings (SSSR count). The van der Waals surface area contributed by atoms with Crippen LogP contribution in [0.1, 0.15) is 32.1 Å². The molecule has 1 saturated carbocycles. The first kappa shape index (κ1) is 10.2. The molecule has 0 bridgehead atoms. The Morgan fingerprint density at radius 2 is 2.19 bits per heavy atom. The van der Waals surface area contributed by atoms with E-state index in [1.165, 1.54) is 19.3 Å². The van der Waals surface area contributed by atoms with E-state index in [1.54, 1.807) is 0 Å². The largest absolute Gasteiger partial charge is 0.447 e. The fourth-order valence-electron chi connectivity index (χ4n) is 3.81. The number of cyclic esters (lactones) is 1. The van der Waals surface area contributed by atoms with Crippen molar-refractivity contribution in [3.8, 4) is 0 Å². The summed E-state index contributed by atoms with van der Waals surface area (Å²) in [6, 6.07) is 0.780. The van der Waals surface area contributed by atoms with E-state index >= 15 is 0 Å². The van der Waals surface area contributed by atoms with Crippen molar-refractivity contribution in [3.63, 3.8) is 0 Å². The standard InChI is InChI=1S/C13H19NO2/c1-2-9-4-3-5-12-11(9)7-6-10-8-16-13(15)14(10)12/h2,9-12H,1,3-8H2/t9-,10+,11+,12-/m1/s1. The molecule has 3 heteroatoms. The number of carbonyl (C=O) groups excluding carboxylic acids is 1. The normalized spacial score (nSPS) is 42.2. The Morgan fingerprint density at radius 1 is 1.31 bits per heavy atom. The van der Waals surface area contributed by atoms with E-state index in [-0.39, 0.29) is 6.09 Å². The van der Waals surface area contributed by atoms with Gasteiger partial charge in [-0.15, -0.1) is 6.58 Å². The van der Waals surface area contributed by atoms with Crippen molar-refractivity contribution < 1.29 is 9.53 Å². The molecule has 2 saturated heterocycles. The zero-order valence-corrected chi connectivity index (χ0v) is 9.60. The lowest BCUT2D eigenvalue weighted by Gasteiger charge is -2.46. The number of fused-ring (bicyclic) bond motifs is 3. The molecule has 0 unspecified atom stereocenters. The lowest BCUT2D eigenvalue weighted by Crippen LogP contribution is -2.53. The number of piperidine rings is 1. The molecule has 2 heterocycles. The molecule has 0 N–H and O–H groups in total. The summed E-state index contributed by atoms with van der Waals surface area (Å²) < 4.78 is 5.18. The highest BCUT2D eigenvalue weighted by Crippen LogP contribution is 2.43. The number of carbonyl (C=O) groups is 1. The number of amides is 1. The van der Waals surface area contributed by atoms with Crippen molar-refractivity contribution in [1.82, 2.24) is 4.90 Å². The second-order valence-electron chi connectivity index (χ2n) is 5.28. The van der Waals surface area contributed by atoms with Gasteiger partial charge in [0, 0.05) is 6.04 Å². The predicted octanol–water partition coefficient (Wildman–Crippen LogP) is 2.57. The van der Waals surface area contributed by atoms with Crippen LogP contribution in [0.25, 0.3) is 0 Å². The fraction of sp³-hybridized carbons (Fsp3) is 0.769. The maximum atomic E-state index is 11.7. The van der Waals surface area contributed by atoms with Gasteiger partial charge < -0.3 is 4.74 Å². The van der Waals surface area contributed by atoms with Gasteiger partial charge in [0.2, 0.25) is 0 Å². The molecule has 1 aliphatic carbocycles. The highest BCUT2D eigenvalue weighted by atomic mass is 16.6. The van der Waals surface area contributed by atoms with Gasteiger partial charge in [-0.1, -0.05) is 12.5 Å². The summed E-state index contributed by atoms with van der Waals surface area (Å²) in [5, 5.41) is 0. The monoisotopic (exact) mass is 221 g/mol. The second-order valence-corrected chi connectivity index (χ2v) is 5.28. The van der Waals surface area contributed by atoms with E-state index in [1.807, 2.05) is 4.90 Å². The lowest BCUT2D eigenvalue weighted by atomic mass is 9.70. The van der Waals surface area contributed by atoms with Gasteiger partial charge >= 0.3 is 6.09 Å². The smallest absolute Gasteiger partial charge is 0.410 e. The summed E-state index contributed by atoms with van der Waals surface area (Å²) in [5.74, 6) is 1.24. The molecule has 0 aromatic rings. The van der Waals surface area contributed by atoms with E-state index in [4.69, 9.17) is 4.74 Å². The molecule has 16 heavy (non-hydrogen) atoms. The van der Waals surface area contributed by atoms with Crippen LogP contribution >= 0.6 is 0 Å². The molecule has 3 nitrogen and oxygen atoms in total. The Kier molecular flexibility index (Phi) is 2.41. The molecule has 0 aromatic carbocycles. The lowest BCUT2D eigenvalue weighted by molar-refractivity contribution is 0.0465. The van der Waals surface area contributed by atoms with Crippen LogP contribution in [0.2, 0.25) is 0 Å². The molecule has 0 radical (unpaired) electrons. The van der Waals surface area contributed by atoms with Gasteiger partial charge in [-0.25, -0.2) is 4.79 Å². The van der Waals surface area contributed by atoms with E-state index in [0.717, 1.165) is 12.8 Å².